The van der Waals surface area contributed by atoms with Crippen molar-refractivity contribution in [3.63, 3.8) is 0 Å². The van der Waals surface area contributed by atoms with Crippen LogP contribution in [0.3, 0.4) is 0 Å². The number of non-ortho nitro benzene ring substituents is 1. The molecule has 0 saturated heterocycles. The van der Waals surface area contributed by atoms with Gasteiger partial charge in [0, 0.05) is 29.0 Å². The third kappa shape index (κ3) is 4.15. The van der Waals surface area contributed by atoms with Crippen molar-refractivity contribution in [1.29, 1.82) is 0 Å². The van der Waals surface area contributed by atoms with Gasteiger partial charge in [-0.1, -0.05) is 17.7 Å². The van der Waals surface area contributed by atoms with Gasteiger partial charge in [-0.05, 0) is 48.2 Å². The van der Waals surface area contributed by atoms with E-state index in [4.69, 9.17) is 17.3 Å². The fraction of sp³-hybridized carbons (Fsp3) is 0.174. The van der Waals surface area contributed by atoms with Crippen LogP contribution < -0.4 is 5.73 Å². The molecule has 2 atom stereocenters. The summed E-state index contributed by atoms with van der Waals surface area (Å²) in [5.41, 5.74) is 6.10. The molecule has 0 fully saturated rings. The molecule has 0 radical (unpaired) electrons. The molecule has 1 aromatic heterocycles. The number of carbonyl (C=O) groups excluding carboxylic acids is 2. The van der Waals surface area contributed by atoms with Crippen LogP contribution in [-0.2, 0) is 11.2 Å². The van der Waals surface area contributed by atoms with Gasteiger partial charge in [0.05, 0.1) is 22.6 Å². The second-order valence-electron chi connectivity index (χ2n) is 7.77. The summed E-state index contributed by atoms with van der Waals surface area (Å²) in [6, 6.07) is 6.68. The van der Waals surface area contributed by atoms with Crippen LogP contribution in [0.4, 0.5) is 10.1 Å². The van der Waals surface area contributed by atoms with Gasteiger partial charge < -0.3 is 15.7 Å². The number of primary amides is 1. The number of aromatic hydroxyl groups is 1. The first-order chi connectivity index (χ1) is 16.2. The smallest absolute Gasteiger partial charge is 0.273 e. The lowest BCUT2D eigenvalue weighted by Crippen LogP contribution is -2.43. The standard InChI is InChI=1S/C23H18ClFN4O5/c24-13-8-17-15(18(25)9-13)5-6-19(17)28(21(22(26)31)12-2-1-7-27-11-12)23(32)16-4-3-14(29(33)34)10-20(16)30/h1-4,7-11,19,21,30H,5-6H2,(H2,26,31)/t19-,21?/m1/s1. The van der Waals surface area contributed by atoms with E-state index in [1.165, 1.54) is 24.5 Å². The highest BCUT2D eigenvalue weighted by atomic mass is 35.5. The van der Waals surface area contributed by atoms with Gasteiger partial charge in [0.2, 0.25) is 5.91 Å². The Bertz CT molecular complexity index is 1300. The van der Waals surface area contributed by atoms with Crippen molar-refractivity contribution in [3.05, 3.63) is 98.1 Å². The predicted molar refractivity (Wildman–Crippen MR) is 120 cm³/mol. The van der Waals surface area contributed by atoms with Crippen molar-refractivity contribution in [2.45, 2.75) is 24.9 Å². The summed E-state index contributed by atoms with van der Waals surface area (Å²) >= 11 is 6.08. The molecule has 0 saturated carbocycles. The van der Waals surface area contributed by atoms with Crippen LogP contribution in [0, 0.1) is 15.9 Å². The summed E-state index contributed by atoms with van der Waals surface area (Å²) in [4.78, 5) is 41.9. The molecular formula is C23H18ClFN4O5. The highest BCUT2D eigenvalue weighted by Crippen LogP contribution is 2.43. The van der Waals surface area contributed by atoms with Crippen LogP contribution in [-0.4, -0.2) is 31.7 Å². The lowest BCUT2D eigenvalue weighted by Gasteiger charge is -2.35. The summed E-state index contributed by atoms with van der Waals surface area (Å²) in [6.07, 6.45) is 3.39. The second-order valence-corrected chi connectivity index (χ2v) is 8.21. The quantitative estimate of drug-likeness (QED) is 0.402. The molecule has 0 aliphatic heterocycles. The highest BCUT2D eigenvalue weighted by molar-refractivity contribution is 6.30. The number of phenolic OH excluding ortho intramolecular Hbond substituents is 1. The first-order valence-corrected chi connectivity index (χ1v) is 10.5. The summed E-state index contributed by atoms with van der Waals surface area (Å²) in [5.74, 6) is -2.88. The Morgan fingerprint density at radius 1 is 1.29 bits per heavy atom. The van der Waals surface area contributed by atoms with E-state index in [1.54, 1.807) is 12.1 Å². The number of pyridine rings is 1. The maximum absolute atomic E-state index is 14.6. The van der Waals surface area contributed by atoms with E-state index < -0.39 is 46.1 Å². The van der Waals surface area contributed by atoms with Gasteiger partial charge in [0.15, 0.2) is 0 Å². The van der Waals surface area contributed by atoms with E-state index in [1.807, 2.05) is 0 Å². The van der Waals surface area contributed by atoms with Crippen molar-refractivity contribution in [3.8, 4) is 5.75 Å². The first-order valence-electron chi connectivity index (χ1n) is 10.2. The number of benzene rings is 2. The van der Waals surface area contributed by atoms with Crippen LogP contribution in [0.15, 0.2) is 54.9 Å². The number of nitrogens with zero attached hydrogens (tertiary/aromatic N) is 3. The Morgan fingerprint density at radius 3 is 2.68 bits per heavy atom. The third-order valence-electron chi connectivity index (χ3n) is 5.76. The molecule has 1 heterocycles. The molecule has 3 N–H and O–H groups in total. The largest absolute Gasteiger partial charge is 0.507 e. The summed E-state index contributed by atoms with van der Waals surface area (Å²) in [5, 5.41) is 21.6. The number of rotatable bonds is 6. The van der Waals surface area contributed by atoms with Crippen molar-refractivity contribution in [2.75, 3.05) is 0 Å². The molecule has 34 heavy (non-hydrogen) atoms. The maximum atomic E-state index is 14.6. The Morgan fingerprint density at radius 2 is 2.06 bits per heavy atom. The van der Waals surface area contributed by atoms with Crippen LogP contribution in [0.1, 0.15) is 45.6 Å². The van der Waals surface area contributed by atoms with E-state index in [0.717, 1.165) is 23.1 Å². The number of halogens is 2. The SMILES string of the molecule is NC(=O)C(c1cccnc1)N(C(=O)c1ccc([N+](=O)[O-])cc1O)[C@@H]1CCc2c(F)cc(Cl)cc21. The topological polar surface area (TPSA) is 140 Å². The predicted octanol–water partition coefficient (Wildman–Crippen LogP) is 3.84. The number of amides is 2. The van der Waals surface area contributed by atoms with Gasteiger partial charge in [-0.2, -0.15) is 0 Å². The fourth-order valence-electron chi connectivity index (χ4n) is 4.30. The number of hydrogen-bond acceptors (Lipinski definition) is 6. The molecule has 3 aromatic rings. The van der Waals surface area contributed by atoms with E-state index in [9.17, 15) is 29.2 Å². The molecule has 0 bridgehead atoms. The molecule has 0 spiro atoms. The average Bonchev–Trinajstić information content (AvgIpc) is 3.20. The Hall–Kier alpha value is -4.05. The van der Waals surface area contributed by atoms with Gasteiger partial charge >= 0.3 is 0 Å². The van der Waals surface area contributed by atoms with Crippen LogP contribution in [0.25, 0.3) is 0 Å². The van der Waals surface area contributed by atoms with Gasteiger partial charge in [-0.25, -0.2) is 4.39 Å². The minimum Gasteiger partial charge on any atom is -0.507 e. The Balaban J connectivity index is 1.89. The third-order valence-corrected chi connectivity index (χ3v) is 5.98. The zero-order valence-electron chi connectivity index (χ0n) is 17.5. The van der Waals surface area contributed by atoms with E-state index in [-0.39, 0.29) is 23.4 Å². The van der Waals surface area contributed by atoms with E-state index in [0.29, 0.717) is 16.7 Å². The number of nitrogens with two attached hydrogens (primary N) is 1. The highest BCUT2D eigenvalue weighted by Gasteiger charge is 2.41. The number of nitro benzene ring substituents is 1. The van der Waals surface area contributed by atoms with Gasteiger partial charge in [-0.15, -0.1) is 0 Å². The number of aromatic nitrogens is 1. The molecular weight excluding hydrogens is 467 g/mol. The summed E-state index contributed by atoms with van der Waals surface area (Å²) in [6.45, 7) is 0. The van der Waals surface area contributed by atoms with Crippen molar-refractivity contribution < 1.29 is 24.0 Å². The molecule has 9 nitrogen and oxygen atoms in total. The molecule has 1 aliphatic carbocycles. The Labute approximate surface area is 197 Å². The fourth-order valence-corrected chi connectivity index (χ4v) is 4.52. The minimum atomic E-state index is -1.33. The molecule has 11 heteroatoms. The summed E-state index contributed by atoms with van der Waals surface area (Å²) in [7, 11) is 0. The lowest BCUT2D eigenvalue weighted by atomic mass is 9.98. The van der Waals surface area contributed by atoms with Crippen LogP contribution in [0.2, 0.25) is 5.02 Å². The number of hydrogen-bond donors (Lipinski definition) is 2. The van der Waals surface area contributed by atoms with E-state index in [2.05, 4.69) is 4.98 Å². The zero-order chi connectivity index (χ0) is 24.6. The van der Waals surface area contributed by atoms with Crippen molar-refractivity contribution in [2.24, 2.45) is 5.73 Å². The lowest BCUT2D eigenvalue weighted by molar-refractivity contribution is -0.384. The molecule has 4 rings (SSSR count). The van der Waals surface area contributed by atoms with Gasteiger partial charge in [0.1, 0.15) is 17.6 Å². The van der Waals surface area contributed by atoms with Crippen LogP contribution >= 0.6 is 11.6 Å². The number of phenols is 1. The van der Waals surface area contributed by atoms with E-state index >= 15 is 0 Å². The average molecular weight is 485 g/mol. The van der Waals surface area contributed by atoms with Crippen molar-refractivity contribution >= 4 is 29.1 Å². The molecule has 1 unspecified atom stereocenters. The van der Waals surface area contributed by atoms with Gasteiger partial charge in [-0.3, -0.25) is 24.7 Å². The number of carbonyl (C=O) groups is 2. The molecule has 2 aromatic carbocycles. The second kappa shape index (κ2) is 9.06. The summed E-state index contributed by atoms with van der Waals surface area (Å²) < 4.78 is 14.6. The molecule has 1 aliphatic rings. The molecule has 2 amide bonds. The minimum absolute atomic E-state index is 0.116. The van der Waals surface area contributed by atoms with Crippen molar-refractivity contribution in [1.82, 2.24) is 9.88 Å². The van der Waals surface area contributed by atoms with Crippen LogP contribution in [0.5, 0.6) is 5.75 Å². The maximum Gasteiger partial charge on any atom is 0.273 e. The Kier molecular flexibility index (Phi) is 6.16. The molecule has 174 valence electrons. The van der Waals surface area contributed by atoms with Gasteiger partial charge in [0.25, 0.3) is 11.6 Å². The number of nitro groups is 1. The first kappa shape index (κ1) is 23.1. The zero-order valence-corrected chi connectivity index (χ0v) is 18.3. The number of fused-ring (bicyclic) bond motifs is 1. The monoisotopic (exact) mass is 484 g/mol. The normalized spacial score (nSPS) is 15.4.